The summed E-state index contributed by atoms with van der Waals surface area (Å²) >= 11 is 0. The van der Waals surface area contributed by atoms with Crippen LogP contribution in [0.4, 0.5) is 0 Å². The normalized spacial score (nSPS) is 8.00. The summed E-state index contributed by atoms with van der Waals surface area (Å²) in [5, 5.41) is 7.01. The third-order valence-electron chi connectivity index (χ3n) is 1.08. The number of hydrogen-bond acceptors (Lipinski definition) is 1. The molecule has 0 unspecified atom stereocenters. The molecule has 10 heavy (non-hydrogen) atoms. The molecule has 0 saturated heterocycles. The van der Waals surface area contributed by atoms with Gasteiger partial charge in [0.15, 0.2) is 0 Å². The van der Waals surface area contributed by atoms with E-state index in [0.717, 1.165) is 5.56 Å². The molecule has 0 amide bonds. The van der Waals surface area contributed by atoms with Gasteiger partial charge in [-0.3, -0.25) is 5.41 Å². The van der Waals surface area contributed by atoms with Crippen LogP contribution in [0.25, 0.3) is 0 Å². The summed E-state index contributed by atoms with van der Waals surface area (Å²) in [6, 6.07) is 9.23. The molecule has 1 aromatic rings. The van der Waals surface area contributed by atoms with Gasteiger partial charge < -0.3 is 7.16 Å². The van der Waals surface area contributed by atoms with Crippen LogP contribution in [0, 0.1) is 5.41 Å². The van der Waals surface area contributed by atoms with Gasteiger partial charge in [-0.2, -0.15) is 0 Å². The van der Waals surface area contributed by atoms with Crippen molar-refractivity contribution < 1.29 is 31.0 Å². The van der Waals surface area contributed by atoms with Crippen molar-refractivity contribution in [3.63, 3.8) is 0 Å². The molecule has 0 heterocycles. The van der Waals surface area contributed by atoms with Crippen molar-refractivity contribution in [1.29, 1.82) is 5.41 Å². The van der Waals surface area contributed by atoms with E-state index in [-0.39, 0.29) is 36.8 Å². The van der Waals surface area contributed by atoms with Crippen LogP contribution in [-0.2, 0) is 0 Å². The van der Waals surface area contributed by atoms with Crippen molar-refractivity contribution in [1.82, 2.24) is 0 Å². The van der Waals surface area contributed by atoms with Crippen LogP contribution >= 0.6 is 0 Å². The van der Waals surface area contributed by atoms with Crippen LogP contribution in [0.2, 0.25) is 0 Å². The quantitative estimate of drug-likeness (QED) is 0.269. The maximum atomic E-state index is 7.01. The molecule has 0 aliphatic rings. The molecule has 1 aromatic carbocycles. The van der Waals surface area contributed by atoms with Crippen LogP contribution in [0.3, 0.4) is 0 Å². The number of nitrogens with one attached hydrogen (secondary N) is 1. The van der Waals surface area contributed by atoms with Gasteiger partial charge in [-0.05, 0) is 0 Å². The summed E-state index contributed by atoms with van der Waals surface area (Å²) in [6.45, 7) is 0. The van der Waals surface area contributed by atoms with E-state index in [0.29, 0.717) is 0 Å². The molecule has 0 atom stereocenters. The maximum absolute atomic E-state index is 7.01. The van der Waals surface area contributed by atoms with Gasteiger partial charge in [-0.25, -0.2) is 0 Å². The first kappa shape index (κ1) is 9.69. The predicted molar refractivity (Wildman–Crippen MR) is 38.6 cm³/mol. The number of rotatable bonds is 1. The van der Waals surface area contributed by atoms with Gasteiger partial charge in [0.1, 0.15) is 5.84 Å². The fourth-order valence-electron chi connectivity index (χ4n) is 0.618. The van der Waals surface area contributed by atoms with E-state index in [4.69, 9.17) is 11.1 Å². The van der Waals surface area contributed by atoms with Crippen molar-refractivity contribution in [3.05, 3.63) is 35.9 Å². The topological polar surface area (TPSA) is 49.9 Å². The first-order valence-electron chi connectivity index (χ1n) is 2.70. The van der Waals surface area contributed by atoms with Crippen molar-refractivity contribution in [2.24, 2.45) is 5.73 Å². The smallest absolute Gasteiger partial charge is 1.00 e. The first-order valence-corrected chi connectivity index (χ1v) is 2.70. The zero-order valence-electron chi connectivity index (χ0n) is 6.96. The second-order valence-electron chi connectivity index (χ2n) is 1.78. The van der Waals surface area contributed by atoms with E-state index >= 15 is 0 Å². The minimum atomic E-state index is 0. The Bertz CT molecular complexity index is 213. The zero-order chi connectivity index (χ0) is 6.69. The van der Waals surface area contributed by atoms with E-state index in [2.05, 4.69) is 0 Å². The Hall–Kier alpha value is -0.310. The second kappa shape index (κ2) is 4.50. The SMILES string of the molecule is N=C(N)c1ccccc1.[H-].[Na+]. The van der Waals surface area contributed by atoms with E-state index in [1.165, 1.54) is 0 Å². The number of nitrogen functional groups attached to an aromatic ring is 1. The third kappa shape index (κ3) is 2.52. The molecule has 3 N–H and O–H groups in total. The number of benzene rings is 1. The van der Waals surface area contributed by atoms with Gasteiger partial charge in [0.05, 0.1) is 0 Å². The molecule has 0 aliphatic carbocycles. The van der Waals surface area contributed by atoms with Gasteiger partial charge in [0.25, 0.3) is 0 Å². The van der Waals surface area contributed by atoms with Crippen molar-refractivity contribution in [2.45, 2.75) is 0 Å². The summed E-state index contributed by atoms with van der Waals surface area (Å²) < 4.78 is 0. The molecule has 1 rings (SSSR count). The van der Waals surface area contributed by atoms with Crippen LogP contribution in [0.1, 0.15) is 6.99 Å². The first-order chi connectivity index (χ1) is 4.30. The summed E-state index contributed by atoms with van der Waals surface area (Å²) in [7, 11) is 0. The van der Waals surface area contributed by atoms with Crippen molar-refractivity contribution in [2.75, 3.05) is 0 Å². The Morgan fingerprint density at radius 1 is 1.30 bits per heavy atom. The molecule has 0 aliphatic heterocycles. The molecule has 48 valence electrons. The fourth-order valence-corrected chi connectivity index (χ4v) is 0.618. The Labute approximate surface area is 83.7 Å². The second-order valence-corrected chi connectivity index (χ2v) is 1.78. The van der Waals surface area contributed by atoms with Gasteiger partial charge in [-0.15, -0.1) is 0 Å². The number of amidine groups is 1. The Morgan fingerprint density at radius 3 is 2.10 bits per heavy atom. The van der Waals surface area contributed by atoms with Gasteiger partial charge in [-0.1, -0.05) is 30.3 Å². The molecule has 0 fully saturated rings. The van der Waals surface area contributed by atoms with Gasteiger partial charge >= 0.3 is 29.6 Å². The minimum Gasteiger partial charge on any atom is -1.00 e. The Kier molecular flexibility index (Phi) is 4.36. The largest absolute Gasteiger partial charge is 1.00 e. The monoisotopic (exact) mass is 144 g/mol. The summed E-state index contributed by atoms with van der Waals surface area (Å²) in [4.78, 5) is 0. The van der Waals surface area contributed by atoms with E-state index in [9.17, 15) is 0 Å². The molecule has 0 radical (unpaired) electrons. The minimum absolute atomic E-state index is 0. The van der Waals surface area contributed by atoms with E-state index < -0.39 is 0 Å². The molecule has 0 bridgehead atoms. The molecule has 3 heteroatoms. The molecular formula is C7H9N2Na. The fraction of sp³-hybridized carbons (Fsp3) is 0. The third-order valence-corrected chi connectivity index (χ3v) is 1.08. The Balaban J connectivity index is 0. The average molecular weight is 144 g/mol. The zero-order valence-corrected chi connectivity index (χ0v) is 7.96. The molecule has 0 spiro atoms. The summed E-state index contributed by atoms with van der Waals surface area (Å²) in [6.07, 6.45) is 0. The van der Waals surface area contributed by atoms with Crippen LogP contribution in [0.15, 0.2) is 30.3 Å². The van der Waals surface area contributed by atoms with Gasteiger partial charge in [0, 0.05) is 5.56 Å². The Morgan fingerprint density at radius 2 is 1.80 bits per heavy atom. The van der Waals surface area contributed by atoms with Crippen LogP contribution in [-0.4, -0.2) is 5.84 Å². The van der Waals surface area contributed by atoms with Crippen molar-refractivity contribution in [3.8, 4) is 0 Å². The number of nitrogens with two attached hydrogens (primary N) is 1. The standard InChI is InChI=1S/C7H8N2.Na.H/c8-7(9)6-4-2-1-3-5-6;;/h1-5H,(H3,8,9);;/q;+1;-1. The average Bonchev–Trinajstić information content (AvgIpc) is 1.90. The van der Waals surface area contributed by atoms with Gasteiger partial charge in [0.2, 0.25) is 0 Å². The van der Waals surface area contributed by atoms with Crippen LogP contribution in [0.5, 0.6) is 0 Å². The predicted octanol–water partition coefficient (Wildman–Crippen LogP) is -1.91. The van der Waals surface area contributed by atoms with Crippen molar-refractivity contribution >= 4 is 5.84 Å². The molecule has 2 nitrogen and oxygen atoms in total. The molecule has 0 saturated carbocycles. The number of hydrogen-bond donors (Lipinski definition) is 2. The van der Waals surface area contributed by atoms with E-state index in [1.807, 2.05) is 30.3 Å². The van der Waals surface area contributed by atoms with E-state index in [1.54, 1.807) is 0 Å². The molecular weight excluding hydrogens is 135 g/mol. The maximum Gasteiger partial charge on any atom is 1.00 e. The summed E-state index contributed by atoms with van der Waals surface area (Å²) in [5.41, 5.74) is 5.97. The molecule has 0 aromatic heterocycles. The summed E-state index contributed by atoms with van der Waals surface area (Å²) in [5.74, 6) is 0.121. The van der Waals surface area contributed by atoms with Crippen LogP contribution < -0.4 is 35.3 Å².